The number of rotatable bonds is 9. The second kappa shape index (κ2) is 9.10. The molecule has 0 radical (unpaired) electrons. The van der Waals surface area contributed by atoms with Crippen molar-refractivity contribution in [1.82, 2.24) is 4.90 Å². The van der Waals surface area contributed by atoms with Crippen molar-refractivity contribution in [2.75, 3.05) is 25.1 Å². The normalized spacial score (nSPS) is 13.7. The Labute approximate surface area is 170 Å². The van der Waals surface area contributed by atoms with E-state index in [2.05, 4.69) is 11.9 Å². The van der Waals surface area contributed by atoms with Crippen LogP contribution in [-0.4, -0.2) is 36.5 Å². The first-order valence-electron chi connectivity index (χ1n) is 9.54. The molecule has 1 N–H and O–H groups in total. The molecule has 0 aliphatic carbocycles. The van der Waals surface area contributed by atoms with Crippen LogP contribution in [0.3, 0.4) is 0 Å². The lowest BCUT2D eigenvalue weighted by atomic mass is 10.0. The Hall–Kier alpha value is -3.54. The zero-order chi connectivity index (χ0) is 20.8. The number of benzene rings is 2. The maximum atomic E-state index is 13.0. The van der Waals surface area contributed by atoms with Crippen LogP contribution in [0.25, 0.3) is 5.57 Å². The van der Waals surface area contributed by atoms with Crippen LogP contribution in [0.5, 0.6) is 11.5 Å². The molecule has 2 aromatic rings. The summed E-state index contributed by atoms with van der Waals surface area (Å²) in [7, 11) is 0. The molecule has 3 rings (SSSR count). The van der Waals surface area contributed by atoms with Crippen LogP contribution >= 0.6 is 0 Å². The number of nitrogens with zero attached hydrogens (tertiary/aromatic N) is 1. The number of imide groups is 1. The molecule has 0 unspecified atom stereocenters. The minimum Gasteiger partial charge on any atom is -0.494 e. The Bertz CT molecular complexity index is 948. The summed E-state index contributed by atoms with van der Waals surface area (Å²) >= 11 is 0. The summed E-state index contributed by atoms with van der Waals surface area (Å²) in [5.74, 6) is 0.546. The van der Waals surface area contributed by atoms with E-state index in [1.165, 1.54) is 11.0 Å². The standard InChI is InChI=1S/C23H24N2O4/c1-4-15-25-22(26)20(16-11-13-17(14-12-16)28-5-2)21(23(25)27)24-18-9-7-8-10-19(18)29-6-3/h4,7-14,24H,1,5-6,15H2,2-3H3. The Morgan fingerprint density at radius 1 is 0.966 bits per heavy atom. The van der Waals surface area contributed by atoms with Crippen LogP contribution in [0, 0.1) is 0 Å². The molecular weight excluding hydrogens is 368 g/mol. The highest BCUT2D eigenvalue weighted by Crippen LogP contribution is 2.33. The first-order chi connectivity index (χ1) is 14.1. The van der Waals surface area contributed by atoms with E-state index in [4.69, 9.17) is 9.47 Å². The quantitative estimate of drug-likeness (QED) is 0.518. The Kier molecular flexibility index (Phi) is 6.34. The van der Waals surface area contributed by atoms with Crippen molar-refractivity contribution in [3.63, 3.8) is 0 Å². The van der Waals surface area contributed by atoms with E-state index >= 15 is 0 Å². The summed E-state index contributed by atoms with van der Waals surface area (Å²) in [5, 5.41) is 3.13. The first kappa shape index (κ1) is 20.2. The molecule has 0 spiro atoms. The second-order valence-electron chi connectivity index (χ2n) is 6.27. The molecule has 0 bridgehead atoms. The molecule has 0 saturated heterocycles. The number of carbonyl (C=O) groups is 2. The molecule has 0 aromatic heterocycles. The zero-order valence-electron chi connectivity index (χ0n) is 16.6. The minimum atomic E-state index is -0.398. The largest absolute Gasteiger partial charge is 0.494 e. The van der Waals surface area contributed by atoms with Crippen molar-refractivity contribution >= 4 is 23.1 Å². The smallest absolute Gasteiger partial charge is 0.278 e. The molecule has 0 atom stereocenters. The van der Waals surface area contributed by atoms with Crippen LogP contribution in [0.15, 0.2) is 66.9 Å². The molecule has 1 aliphatic rings. The van der Waals surface area contributed by atoms with Gasteiger partial charge in [0.1, 0.15) is 17.2 Å². The molecule has 29 heavy (non-hydrogen) atoms. The number of para-hydroxylation sites is 2. The lowest BCUT2D eigenvalue weighted by Crippen LogP contribution is -2.32. The van der Waals surface area contributed by atoms with Crippen LogP contribution in [0.1, 0.15) is 19.4 Å². The van der Waals surface area contributed by atoms with Gasteiger partial charge in [-0.3, -0.25) is 14.5 Å². The van der Waals surface area contributed by atoms with Gasteiger partial charge in [0.2, 0.25) is 0 Å². The number of nitrogens with one attached hydrogen (secondary N) is 1. The molecule has 1 heterocycles. The highest BCUT2D eigenvalue weighted by atomic mass is 16.5. The van der Waals surface area contributed by atoms with E-state index in [1.807, 2.05) is 38.1 Å². The monoisotopic (exact) mass is 392 g/mol. The molecule has 2 aromatic carbocycles. The van der Waals surface area contributed by atoms with Gasteiger partial charge in [-0.25, -0.2) is 0 Å². The molecule has 0 saturated carbocycles. The summed E-state index contributed by atoms with van der Waals surface area (Å²) in [6, 6.07) is 14.4. The van der Waals surface area contributed by atoms with Crippen LogP contribution in [-0.2, 0) is 9.59 Å². The van der Waals surface area contributed by atoms with Gasteiger partial charge >= 0.3 is 0 Å². The summed E-state index contributed by atoms with van der Waals surface area (Å²) in [6.07, 6.45) is 1.53. The van der Waals surface area contributed by atoms with Crippen molar-refractivity contribution < 1.29 is 19.1 Å². The number of hydrogen-bond acceptors (Lipinski definition) is 5. The van der Waals surface area contributed by atoms with Crippen LogP contribution in [0.2, 0.25) is 0 Å². The Balaban J connectivity index is 2.05. The summed E-state index contributed by atoms with van der Waals surface area (Å²) in [5.41, 5.74) is 1.78. The van der Waals surface area contributed by atoms with Gasteiger partial charge in [-0.1, -0.05) is 30.3 Å². The maximum absolute atomic E-state index is 13.0. The fraction of sp³-hybridized carbons (Fsp3) is 0.217. The number of anilines is 1. The summed E-state index contributed by atoms with van der Waals surface area (Å²) < 4.78 is 11.1. The molecule has 0 fully saturated rings. The summed E-state index contributed by atoms with van der Waals surface area (Å²) in [4.78, 5) is 27.2. The number of amides is 2. The maximum Gasteiger partial charge on any atom is 0.278 e. The zero-order valence-corrected chi connectivity index (χ0v) is 16.6. The van der Waals surface area contributed by atoms with Crippen LogP contribution in [0.4, 0.5) is 5.69 Å². The molecular formula is C23H24N2O4. The van der Waals surface area contributed by atoms with Gasteiger partial charge in [0.15, 0.2) is 0 Å². The van der Waals surface area contributed by atoms with Gasteiger partial charge in [0, 0.05) is 6.54 Å². The van der Waals surface area contributed by atoms with Crippen molar-refractivity contribution in [2.45, 2.75) is 13.8 Å². The van der Waals surface area contributed by atoms with E-state index in [1.54, 1.807) is 24.3 Å². The van der Waals surface area contributed by atoms with Gasteiger partial charge in [0.25, 0.3) is 11.8 Å². The predicted molar refractivity (Wildman–Crippen MR) is 113 cm³/mol. The highest BCUT2D eigenvalue weighted by Gasteiger charge is 2.38. The van der Waals surface area contributed by atoms with Gasteiger partial charge < -0.3 is 14.8 Å². The lowest BCUT2D eigenvalue weighted by Gasteiger charge is -2.14. The van der Waals surface area contributed by atoms with Crippen molar-refractivity contribution in [1.29, 1.82) is 0 Å². The van der Waals surface area contributed by atoms with E-state index in [9.17, 15) is 9.59 Å². The van der Waals surface area contributed by atoms with Gasteiger partial charge in [-0.2, -0.15) is 0 Å². The average molecular weight is 392 g/mol. The van der Waals surface area contributed by atoms with Gasteiger partial charge in [-0.15, -0.1) is 6.58 Å². The van der Waals surface area contributed by atoms with Gasteiger partial charge in [-0.05, 0) is 43.7 Å². The van der Waals surface area contributed by atoms with E-state index in [0.717, 1.165) is 0 Å². The Morgan fingerprint density at radius 3 is 2.31 bits per heavy atom. The fourth-order valence-corrected chi connectivity index (χ4v) is 3.13. The van der Waals surface area contributed by atoms with E-state index in [-0.39, 0.29) is 18.1 Å². The Morgan fingerprint density at radius 2 is 1.66 bits per heavy atom. The van der Waals surface area contributed by atoms with Crippen molar-refractivity contribution in [2.24, 2.45) is 0 Å². The molecule has 6 nitrogen and oxygen atoms in total. The number of carbonyl (C=O) groups excluding carboxylic acids is 2. The van der Waals surface area contributed by atoms with E-state index < -0.39 is 5.91 Å². The number of hydrogen-bond donors (Lipinski definition) is 1. The molecule has 6 heteroatoms. The SMILES string of the molecule is C=CCN1C(=O)C(Nc2ccccc2OCC)=C(c2ccc(OCC)cc2)C1=O. The fourth-order valence-electron chi connectivity index (χ4n) is 3.13. The topological polar surface area (TPSA) is 67.9 Å². The van der Waals surface area contributed by atoms with Crippen molar-refractivity contribution in [3.8, 4) is 11.5 Å². The van der Waals surface area contributed by atoms with E-state index in [0.29, 0.717) is 41.5 Å². The van der Waals surface area contributed by atoms with Crippen LogP contribution < -0.4 is 14.8 Å². The molecule has 2 amide bonds. The second-order valence-corrected chi connectivity index (χ2v) is 6.27. The average Bonchev–Trinajstić information content (AvgIpc) is 2.95. The third-order valence-corrected chi connectivity index (χ3v) is 4.38. The minimum absolute atomic E-state index is 0.135. The molecule has 150 valence electrons. The van der Waals surface area contributed by atoms with Gasteiger partial charge in [0.05, 0.1) is 24.5 Å². The first-order valence-corrected chi connectivity index (χ1v) is 9.54. The lowest BCUT2D eigenvalue weighted by molar-refractivity contribution is -0.136. The third kappa shape index (κ3) is 4.16. The predicted octanol–water partition coefficient (Wildman–Crippen LogP) is 3.86. The molecule has 1 aliphatic heterocycles. The van der Waals surface area contributed by atoms with Crippen molar-refractivity contribution in [3.05, 3.63) is 72.4 Å². The highest BCUT2D eigenvalue weighted by molar-refractivity contribution is 6.36. The number of ether oxygens (including phenoxy) is 2. The summed E-state index contributed by atoms with van der Waals surface area (Å²) in [6.45, 7) is 8.61. The third-order valence-electron chi connectivity index (χ3n) is 4.38.